The molecular weight excluding hydrogens is 389 g/mol. The molecular formula is C19H16FNO4S2. The van der Waals surface area contributed by atoms with E-state index in [4.69, 9.17) is 9.84 Å². The van der Waals surface area contributed by atoms with Gasteiger partial charge in [0.1, 0.15) is 28.9 Å². The molecule has 0 saturated carbocycles. The highest BCUT2D eigenvalue weighted by Crippen LogP contribution is 2.29. The summed E-state index contributed by atoms with van der Waals surface area (Å²) in [6, 6.07) is 12.7. The summed E-state index contributed by atoms with van der Waals surface area (Å²) in [6.45, 7) is 2.21. The molecule has 0 spiro atoms. The van der Waals surface area contributed by atoms with Crippen LogP contribution in [0.4, 0.5) is 4.39 Å². The molecule has 0 amide bonds. The Labute approximate surface area is 161 Å². The second-order valence-electron chi connectivity index (χ2n) is 5.68. The number of benzene rings is 2. The zero-order valence-corrected chi connectivity index (χ0v) is 16.0. The van der Waals surface area contributed by atoms with E-state index in [1.54, 1.807) is 36.4 Å². The van der Waals surface area contributed by atoms with Crippen LogP contribution in [-0.4, -0.2) is 26.0 Å². The minimum Gasteiger partial charge on any atom is -0.488 e. The number of carboxylic acids is 1. The minimum atomic E-state index is -1.57. The highest BCUT2D eigenvalue weighted by molar-refractivity contribution is 7.85. The first-order valence-corrected chi connectivity index (χ1v) is 10.1. The van der Waals surface area contributed by atoms with Crippen molar-refractivity contribution >= 4 is 28.1 Å². The third-order valence-electron chi connectivity index (χ3n) is 3.69. The topological polar surface area (TPSA) is 76.5 Å². The Morgan fingerprint density at radius 1 is 1.19 bits per heavy atom. The van der Waals surface area contributed by atoms with Crippen molar-refractivity contribution in [3.05, 3.63) is 64.9 Å². The summed E-state index contributed by atoms with van der Waals surface area (Å²) in [7, 11) is -1.57. The Kier molecular flexibility index (Phi) is 5.98. The summed E-state index contributed by atoms with van der Waals surface area (Å²) in [4.78, 5) is 16.5. The number of carboxylic acid groups (broad SMARTS) is 1. The van der Waals surface area contributed by atoms with E-state index in [0.717, 1.165) is 21.1 Å². The Morgan fingerprint density at radius 2 is 1.85 bits per heavy atom. The third-order valence-corrected chi connectivity index (χ3v) is 6.18. The Morgan fingerprint density at radius 3 is 2.48 bits per heavy atom. The van der Waals surface area contributed by atoms with Gasteiger partial charge in [-0.15, -0.1) is 11.3 Å². The van der Waals surface area contributed by atoms with Gasteiger partial charge in [-0.25, -0.2) is 9.37 Å². The molecule has 0 aliphatic rings. The van der Waals surface area contributed by atoms with Gasteiger partial charge in [-0.05, 0) is 55.5 Å². The smallest absolute Gasteiger partial charge is 0.316 e. The number of thiazole rings is 1. The molecule has 5 nitrogen and oxygen atoms in total. The van der Waals surface area contributed by atoms with E-state index >= 15 is 0 Å². The van der Waals surface area contributed by atoms with Crippen LogP contribution in [0, 0.1) is 12.7 Å². The second-order valence-corrected chi connectivity index (χ2v) is 8.21. The SMILES string of the molecule is Cc1nc(-c2ccc(F)cc2)sc1COc1ccc(S(=O)CC(=O)O)cc1. The number of hydrogen-bond acceptors (Lipinski definition) is 5. The van der Waals surface area contributed by atoms with Gasteiger partial charge in [0.25, 0.3) is 0 Å². The summed E-state index contributed by atoms with van der Waals surface area (Å²) in [6.07, 6.45) is 0. The fourth-order valence-corrected chi connectivity index (χ4v) is 4.12. The van der Waals surface area contributed by atoms with Gasteiger partial charge >= 0.3 is 5.97 Å². The van der Waals surface area contributed by atoms with E-state index in [2.05, 4.69) is 4.98 Å². The molecule has 1 atom stereocenters. The molecule has 0 saturated heterocycles. The van der Waals surface area contributed by atoms with Gasteiger partial charge in [0.2, 0.25) is 0 Å². The number of halogens is 1. The van der Waals surface area contributed by atoms with Crippen LogP contribution in [0.15, 0.2) is 53.4 Å². The van der Waals surface area contributed by atoms with Crippen LogP contribution in [-0.2, 0) is 22.2 Å². The first-order chi connectivity index (χ1) is 12.9. The number of aromatic nitrogens is 1. The molecule has 0 aliphatic heterocycles. The van der Waals surface area contributed by atoms with Crippen LogP contribution < -0.4 is 4.74 Å². The standard InChI is InChI=1S/C19H16FNO4S2/c1-12-17(26-19(21-12)13-2-4-14(20)5-3-13)10-25-15-6-8-16(9-7-15)27(24)11-18(22)23/h2-9H,10-11H2,1H3,(H,22,23). The average molecular weight is 405 g/mol. The lowest BCUT2D eigenvalue weighted by Gasteiger charge is -2.06. The van der Waals surface area contributed by atoms with Crippen LogP contribution in [0.3, 0.4) is 0 Å². The number of rotatable bonds is 7. The predicted octanol–water partition coefficient (Wildman–Crippen LogP) is 4.03. The van der Waals surface area contributed by atoms with Crippen LogP contribution in [0.5, 0.6) is 5.75 Å². The molecule has 0 bridgehead atoms. The molecule has 0 fully saturated rings. The Balaban J connectivity index is 1.65. The number of hydrogen-bond donors (Lipinski definition) is 1. The van der Waals surface area contributed by atoms with Crippen LogP contribution >= 0.6 is 11.3 Å². The maximum Gasteiger partial charge on any atom is 0.316 e. The summed E-state index contributed by atoms with van der Waals surface area (Å²) >= 11 is 1.48. The van der Waals surface area contributed by atoms with Crippen molar-refractivity contribution in [3.8, 4) is 16.3 Å². The first-order valence-electron chi connectivity index (χ1n) is 7.97. The van der Waals surface area contributed by atoms with Gasteiger partial charge in [-0.2, -0.15) is 0 Å². The second kappa shape index (κ2) is 8.41. The summed E-state index contributed by atoms with van der Waals surface area (Å²) in [5.41, 5.74) is 1.69. The van der Waals surface area contributed by atoms with Gasteiger partial charge in [0.05, 0.1) is 21.4 Å². The van der Waals surface area contributed by atoms with Gasteiger partial charge < -0.3 is 9.84 Å². The molecule has 27 heavy (non-hydrogen) atoms. The molecule has 3 rings (SSSR count). The van der Waals surface area contributed by atoms with Crippen molar-refractivity contribution in [3.63, 3.8) is 0 Å². The molecule has 0 aliphatic carbocycles. The highest BCUT2D eigenvalue weighted by atomic mass is 32.2. The minimum absolute atomic E-state index is 0.289. The summed E-state index contributed by atoms with van der Waals surface area (Å²) < 4.78 is 30.6. The molecule has 2 aromatic carbocycles. The monoisotopic (exact) mass is 405 g/mol. The fourth-order valence-electron chi connectivity index (χ4n) is 2.31. The highest BCUT2D eigenvalue weighted by Gasteiger charge is 2.11. The van der Waals surface area contributed by atoms with Gasteiger partial charge in [0.15, 0.2) is 0 Å². The molecule has 1 unspecified atom stereocenters. The van der Waals surface area contributed by atoms with E-state index in [1.807, 2.05) is 6.92 Å². The fraction of sp³-hybridized carbons (Fsp3) is 0.158. The van der Waals surface area contributed by atoms with E-state index in [9.17, 15) is 13.4 Å². The average Bonchev–Trinajstić information content (AvgIpc) is 3.01. The molecule has 3 aromatic rings. The van der Waals surface area contributed by atoms with Crippen molar-refractivity contribution in [2.75, 3.05) is 5.75 Å². The molecule has 1 N–H and O–H groups in total. The zero-order chi connectivity index (χ0) is 19.4. The molecule has 8 heteroatoms. The Bertz CT molecular complexity index is 968. The lowest BCUT2D eigenvalue weighted by atomic mass is 10.2. The Hall–Kier alpha value is -2.58. The molecule has 0 radical (unpaired) electrons. The number of aryl methyl sites for hydroxylation is 1. The van der Waals surface area contributed by atoms with Gasteiger partial charge in [0, 0.05) is 10.5 Å². The predicted molar refractivity (Wildman–Crippen MR) is 102 cm³/mol. The largest absolute Gasteiger partial charge is 0.488 e. The van der Waals surface area contributed by atoms with Gasteiger partial charge in [-0.3, -0.25) is 9.00 Å². The van der Waals surface area contributed by atoms with Crippen molar-refractivity contribution in [1.29, 1.82) is 0 Å². The van der Waals surface area contributed by atoms with E-state index in [0.29, 0.717) is 17.3 Å². The lowest BCUT2D eigenvalue weighted by molar-refractivity contribution is -0.133. The van der Waals surface area contributed by atoms with Crippen molar-refractivity contribution in [1.82, 2.24) is 4.98 Å². The van der Waals surface area contributed by atoms with Crippen molar-refractivity contribution < 1.29 is 23.2 Å². The molecule has 1 heterocycles. The maximum absolute atomic E-state index is 13.1. The third kappa shape index (κ3) is 4.99. The quantitative estimate of drug-likeness (QED) is 0.642. The van der Waals surface area contributed by atoms with Crippen molar-refractivity contribution in [2.24, 2.45) is 0 Å². The number of carbonyl (C=O) groups is 1. The van der Waals surface area contributed by atoms with Gasteiger partial charge in [-0.1, -0.05) is 0 Å². The first kappa shape index (κ1) is 19.2. The number of nitrogens with zero attached hydrogens (tertiary/aromatic N) is 1. The zero-order valence-electron chi connectivity index (χ0n) is 14.3. The number of aliphatic carboxylic acids is 1. The van der Waals surface area contributed by atoms with Crippen LogP contribution in [0.25, 0.3) is 10.6 Å². The van der Waals surface area contributed by atoms with Crippen LogP contribution in [0.1, 0.15) is 10.6 Å². The maximum atomic E-state index is 13.1. The van der Waals surface area contributed by atoms with E-state index in [-0.39, 0.29) is 5.82 Å². The number of ether oxygens (including phenoxy) is 1. The molecule has 1 aromatic heterocycles. The normalized spacial score (nSPS) is 11.9. The van der Waals surface area contributed by atoms with E-state index in [1.165, 1.54) is 23.5 Å². The summed E-state index contributed by atoms with van der Waals surface area (Å²) in [5, 5.41) is 9.49. The molecule has 140 valence electrons. The lowest BCUT2D eigenvalue weighted by Crippen LogP contribution is -2.09. The summed E-state index contributed by atoms with van der Waals surface area (Å²) in [5.74, 6) is -1.23. The van der Waals surface area contributed by atoms with Crippen molar-refractivity contribution in [2.45, 2.75) is 18.4 Å². The van der Waals surface area contributed by atoms with E-state index < -0.39 is 22.5 Å². The van der Waals surface area contributed by atoms with Crippen LogP contribution in [0.2, 0.25) is 0 Å².